The average molecular weight is 253 g/mol. The SMILES string of the molecule is CC1CC(C)(C)CC12OCCNC2CC(C)(C)C. The van der Waals surface area contributed by atoms with E-state index < -0.39 is 0 Å². The first-order valence-electron chi connectivity index (χ1n) is 7.52. The Morgan fingerprint density at radius 2 is 1.94 bits per heavy atom. The van der Waals surface area contributed by atoms with Crippen molar-refractivity contribution in [1.82, 2.24) is 5.32 Å². The van der Waals surface area contributed by atoms with Gasteiger partial charge in [-0.15, -0.1) is 0 Å². The van der Waals surface area contributed by atoms with Gasteiger partial charge >= 0.3 is 0 Å². The van der Waals surface area contributed by atoms with Crippen molar-refractivity contribution >= 4 is 0 Å². The molecule has 0 aromatic rings. The standard InChI is InChI=1S/C16H31NO/c1-12-9-15(5,6)11-16(12)13(10-14(2,3)4)17-7-8-18-16/h12-13,17H,7-11H2,1-6H3. The topological polar surface area (TPSA) is 21.3 Å². The summed E-state index contributed by atoms with van der Waals surface area (Å²) >= 11 is 0. The second kappa shape index (κ2) is 4.49. The van der Waals surface area contributed by atoms with Gasteiger partial charge in [0.2, 0.25) is 0 Å². The number of rotatable bonds is 1. The maximum atomic E-state index is 6.37. The van der Waals surface area contributed by atoms with Gasteiger partial charge in [-0.25, -0.2) is 0 Å². The van der Waals surface area contributed by atoms with Crippen LogP contribution in [-0.2, 0) is 4.74 Å². The molecule has 3 atom stereocenters. The fraction of sp³-hybridized carbons (Fsp3) is 1.00. The van der Waals surface area contributed by atoms with E-state index in [1.165, 1.54) is 19.3 Å². The highest BCUT2D eigenvalue weighted by Crippen LogP contribution is 2.53. The van der Waals surface area contributed by atoms with Crippen molar-refractivity contribution in [2.45, 2.75) is 72.4 Å². The van der Waals surface area contributed by atoms with E-state index in [9.17, 15) is 0 Å². The van der Waals surface area contributed by atoms with Crippen LogP contribution in [0.5, 0.6) is 0 Å². The van der Waals surface area contributed by atoms with Crippen molar-refractivity contribution in [2.24, 2.45) is 16.7 Å². The van der Waals surface area contributed by atoms with Gasteiger partial charge in [0.15, 0.2) is 0 Å². The minimum Gasteiger partial charge on any atom is -0.372 e. The summed E-state index contributed by atoms with van der Waals surface area (Å²) in [5, 5.41) is 3.75. The summed E-state index contributed by atoms with van der Waals surface area (Å²) < 4.78 is 6.37. The summed E-state index contributed by atoms with van der Waals surface area (Å²) in [6.07, 6.45) is 3.69. The van der Waals surface area contributed by atoms with Crippen LogP contribution < -0.4 is 5.32 Å². The molecule has 0 radical (unpaired) electrons. The van der Waals surface area contributed by atoms with E-state index in [4.69, 9.17) is 4.74 Å². The molecule has 1 aliphatic carbocycles. The lowest BCUT2D eigenvalue weighted by molar-refractivity contribution is -0.126. The van der Waals surface area contributed by atoms with Crippen LogP contribution in [0.4, 0.5) is 0 Å². The van der Waals surface area contributed by atoms with Crippen LogP contribution in [0.3, 0.4) is 0 Å². The van der Waals surface area contributed by atoms with Crippen LogP contribution in [0.2, 0.25) is 0 Å². The quantitative estimate of drug-likeness (QED) is 0.771. The van der Waals surface area contributed by atoms with Crippen LogP contribution in [0.25, 0.3) is 0 Å². The summed E-state index contributed by atoms with van der Waals surface area (Å²) in [7, 11) is 0. The average Bonchev–Trinajstić information content (AvgIpc) is 2.39. The second-order valence-electron chi connectivity index (χ2n) is 8.52. The fourth-order valence-electron chi connectivity index (χ4n) is 4.26. The fourth-order valence-corrected chi connectivity index (χ4v) is 4.26. The molecule has 1 heterocycles. The second-order valence-corrected chi connectivity index (χ2v) is 8.52. The highest BCUT2D eigenvalue weighted by atomic mass is 16.5. The molecule has 2 rings (SSSR count). The van der Waals surface area contributed by atoms with Gasteiger partial charge in [-0.05, 0) is 36.0 Å². The maximum Gasteiger partial charge on any atom is 0.0866 e. The third-order valence-electron chi connectivity index (χ3n) is 4.72. The van der Waals surface area contributed by atoms with Gasteiger partial charge in [0.25, 0.3) is 0 Å². The maximum absolute atomic E-state index is 6.37. The largest absolute Gasteiger partial charge is 0.372 e. The summed E-state index contributed by atoms with van der Waals surface area (Å²) in [4.78, 5) is 0. The molecule has 0 bridgehead atoms. The first kappa shape index (κ1) is 14.3. The molecule has 1 spiro atoms. The molecular weight excluding hydrogens is 222 g/mol. The molecule has 2 aliphatic rings. The van der Waals surface area contributed by atoms with Crippen molar-refractivity contribution in [1.29, 1.82) is 0 Å². The van der Waals surface area contributed by atoms with Crippen molar-refractivity contribution in [3.8, 4) is 0 Å². The van der Waals surface area contributed by atoms with E-state index in [0.717, 1.165) is 13.2 Å². The lowest BCUT2D eigenvalue weighted by Gasteiger charge is -2.47. The molecule has 0 amide bonds. The number of ether oxygens (including phenoxy) is 1. The zero-order chi connectivity index (χ0) is 13.6. The van der Waals surface area contributed by atoms with E-state index in [1.54, 1.807) is 0 Å². The van der Waals surface area contributed by atoms with Crippen LogP contribution >= 0.6 is 0 Å². The van der Waals surface area contributed by atoms with Gasteiger partial charge in [-0.3, -0.25) is 0 Å². The number of hydrogen-bond donors (Lipinski definition) is 1. The molecule has 0 aromatic heterocycles. The Bertz CT molecular complexity index is 305. The Balaban J connectivity index is 2.22. The summed E-state index contributed by atoms with van der Waals surface area (Å²) in [6, 6.07) is 0.517. The molecule has 0 aromatic carbocycles. The van der Waals surface area contributed by atoms with Crippen molar-refractivity contribution in [2.75, 3.05) is 13.2 Å². The molecule has 3 unspecified atom stereocenters. The summed E-state index contributed by atoms with van der Waals surface area (Å²) in [5.41, 5.74) is 0.863. The minimum atomic E-state index is 0.0784. The number of morpholine rings is 1. The highest BCUT2D eigenvalue weighted by Gasteiger charge is 2.55. The van der Waals surface area contributed by atoms with Gasteiger partial charge in [0.05, 0.1) is 12.2 Å². The summed E-state index contributed by atoms with van der Waals surface area (Å²) in [6.45, 7) is 16.1. The lowest BCUT2D eigenvalue weighted by Crippen LogP contribution is -2.60. The third-order valence-corrected chi connectivity index (χ3v) is 4.72. The highest BCUT2D eigenvalue weighted by molar-refractivity contribution is 5.08. The Labute approximate surface area is 113 Å². The van der Waals surface area contributed by atoms with Gasteiger partial charge < -0.3 is 10.1 Å². The van der Waals surface area contributed by atoms with E-state index in [1.807, 2.05) is 0 Å². The molecule has 1 saturated heterocycles. The predicted molar refractivity (Wildman–Crippen MR) is 76.7 cm³/mol. The van der Waals surface area contributed by atoms with Gasteiger partial charge in [-0.2, -0.15) is 0 Å². The predicted octanol–water partition coefficient (Wildman–Crippen LogP) is 3.61. The summed E-state index contributed by atoms with van der Waals surface area (Å²) in [5.74, 6) is 0.660. The molecule has 2 fully saturated rings. The molecule has 1 N–H and O–H groups in total. The van der Waals surface area contributed by atoms with E-state index >= 15 is 0 Å². The molecule has 18 heavy (non-hydrogen) atoms. The monoisotopic (exact) mass is 253 g/mol. The van der Waals surface area contributed by atoms with Crippen LogP contribution in [0.1, 0.15) is 60.8 Å². The van der Waals surface area contributed by atoms with Gasteiger partial charge in [0, 0.05) is 12.6 Å². The van der Waals surface area contributed by atoms with Gasteiger partial charge in [-0.1, -0.05) is 41.5 Å². The van der Waals surface area contributed by atoms with Crippen LogP contribution in [0.15, 0.2) is 0 Å². The smallest absolute Gasteiger partial charge is 0.0866 e. The first-order valence-corrected chi connectivity index (χ1v) is 7.52. The van der Waals surface area contributed by atoms with Crippen molar-refractivity contribution in [3.63, 3.8) is 0 Å². The number of hydrogen-bond acceptors (Lipinski definition) is 2. The third kappa shape index (κ3) is 2.75. The molecule has 2 heteroatoms. The molecule has 1 saturated carbocycles. The van der Waals surface area contributed by atoms with E-state index in [0.29, 0.717) is 22.8 Å². The zero-order valence-corrected chi connectivity index (χ0v) is 13.1. The Morgan fingerprint density at radius 3 is 2.44 bits per heavy atom. The Morgan fingerprint density at radius 1 is 1.28 bits per heavy atom. The number of nitrogens with one attached hydrogen (secondary N) is 1. The van der Waals surface area contributed by atoms with Gasteiger partial charge in [0.1, 0.15) is 0 Å². The molecule has 1 aliphatic heterocycles. The van der Waals surface area contributed by atoms with E-state index in [-0.39, 0.29) is 5.60 Å². The lowest BCUT2D eigenvalue weighted by atomic mass is 9.75. The minimum absolute atomic E-state index is 0.0784. The molecular formula is C16H31NO. The van der Waals surface area contributed by atoms with Crippen LogP contribution in [-0.4, -0.2) is 24.8 Å². The zero-order valence-electron chi connectivity index (χ0n) is 13.1. The Kier molecular flexibility index (Phi) is 3.57. The van der Waals surface area contributed by atoms with Crippen LogP contribution in [0, 0.1) is 16.7 Å². The van der Waals surface area contributed by atoms with Crippen molar-refractivity contribution < 1.29 is 4.74 Å². The molecule has 106 valence electrons. The molecule has 2 nitrogen and oxygen atoms in total. The van der Waals surface area contributed by atoms with E-state index in [2.05, 4.69) is 46.9 Å². The Hall–Kier alpha value is -0.0800. The first-order chi connectivity index (χ1) is 8.15. The van der Waals surface area contributed by atoms with Crippen molar-refractivity contribution in [3.05, 3.63) is 0 Å². The normalized spacial score (nSPS) is 40.3.